The van der Waals surface area contributed by atoms with E-state index in [1.165, 1.54) is 13.8 Å². The van der Waals surface area contributed by atoms with Gasteiger partial charge in [0.1, 0.15) is 0 Å². The lowest BCUT2D eigenvalue weighted by atomic mass is 9.97. The molecule has 4 nitrogen and oxygen atoms in total. The molecule has 1 aliphatic rings. The lowest BCUT2D eigenvalue weighted by Crippen LogP contribution is -2.27. The van der Waals surface area contributed by atoms with Crippen LogP contribution >= 0.6 is 0 Å². The van der Waals surface area contributed by atoms with Gasteiger partial charge in [-0.25, -0.2) is 13.2 Å². The number of alkyl halides is 3. The predicted molar refractivity (Wildman–Crippen MR) is 67.8 cm³/mol. The third-order valence-corrected chi connectivity index (χ3v) is 6.10. The van der Waals surface area contributed by atoms with Crippen LogP contribution in [0.25, 0.3) is 0 Å². The summed E-state index contributed by atoms with van der Waals surface area (Å²) >= 11 is 0. The first-order chi connectivity index (χ1) is 9.41. The average molecular weight is 322 g/mol. The van der Waals surface area contributed by atoms with E-state index in [-0.39, 0.29) is 16.9 Å². The largest absolute Gasteiger partial charge is 0.465 e. The average Bonchev–Trinajstić information content (AvgIpc) is 2.52. The summed E-state index contributed by atoms with van der Waals surface area (Å²) in [6.45, 7) is 2.88. The van der Waals surface area contributed by atoms with Crippen molar-refractivity contribution in [3.63, 3.8) is 0 Å². The zero-order chi connectivity index (χ0) is 16.2. The molecule has 0 radical (unpaired) electrons. The summed E-state index contributed by atoms with van der Waals surface area (Å²) in [5.74, 6) is -1.22. The van der Waals surface area contributed by atoms with Crippen molar-refractivity contribution in [2.45, 2.75) is 36.1 Å². The molecule has 1 aromatic carbocycles. The number of hydrogen-bond acceptors (Lipinski definition) is 4. The monoisotopic (exact) mass is 322 g/mol. The fourth-order valence-electron chi connectivity index (χ4n) is 2.38. The van der Waals surface area contributed by atoms with Crippen LogP contribution in [0.15, 0.2) is 17.0 Å². The molecule has 2 rings (SSSR count). The highest BCUT2D eigenvalue weighted by atomic mass is 32.2. The van der Waals surface area contributed by atoms with E-state index in [0.717, 1.165) is 19.2 Å². The molecule has 0 aromatic heterocycles. The molecular formula is C13H13F3O4S. The number of fused-ring (bicyclic) bond motifs is 1. The maximum Gasteiger partial charge on any atom is 0.417 e. The van der Waals surface area contributed by atoms with Crippen LogP contribution in [0.1, 0.15) is 35.3 Å². The Labute approximate surface area is 119 Å². The van der Waals surface area contributed by atoms with Gasteiger partial charge in [-0.05, 0) is 38.0 Å². The smallest absolute Gasteiger partial charge is 0.417 e. The van der Waals surface area contributed by atoms with E-state index in [4.69, 9.17) is 0 Å². The number of ether oxygens (including phenoxy) is 1. The van der Waals surface area contributed by atoms with Gasteiger partial charge < -0.3 is 4.74 Å². The van der Waals surface area contributed by atoms with Gasteiger partial charge in [0.2, 0.25) is 0 Å². The van der Waals surface area contributed by atoms with Crippen LogP contribution in [0.2, 0.25) is 0 Å². The maximum atomic E-state index is 13.0. The highest BCUT2D eigenvalue weighted by Gasteiger charge is 2.46. The number of benzene rings is 1. The van der Waals surface area contributed by atoms with Gasteiger partial charge in [-0.1, -0.05) is 0 Å². The number of carbonyl (C=O) groups excluding carboxylic acids is 1. The molecule has 0 bridgehead atoms. The molecule has 1 heterocycles. The number of carbonyl (C=O) groups is 1. The van der Waals surface area contributed by atoms with Gasteiger partial charge in [-0.15, -0.1) is 0 Å². The topological polar surface area (TPSA) is 60.4 Å². The van der Waals surface area contributed by atoms with Gasteiger partial charge in [-0.2, -0.15) is 13.2 Å². The maximum absolute atomic E-state index is 13.0. The SMILES string of the molecule is COC(=O)c1cc2c(cc1C(F)(F)F)CC(C)(C)S2(=O)=O. The minimum Gasteiger partial charge on any atom is -0.465 e. The summed E-state index contributed by atoms with van der Waals surface area (Å²) in [6.07, 6.45) is -4.80. The normalized spacial score (nSPS) is 19.1. The van der Waals surface area contributed by atoms with Gasteiger partial charge in [-0.3, -0.25) is 0 Å². The van der Waals surface area contributed by atoms with E-state index in [1.807, 2.05) is 0 Å². The standard InChI is InChI=1S/C13H13F3O4S/c1-12(2)6-7-4-9(13(14,15)16)8(11(17)20-3)5-10(7)21(12,18)19/h4-5H,6H2,1-3H3. The van der Waals surface area contributed by atoms with Gasteiger partial charge in [0.15, 0.2) is 9.84 Å². The molecule has 8 heteroatoms. The Morgan fingerprint density at radius 3 is 2.33 bits per heavy atom. The molecular weight excluding hydrogens is 309 g/mol. The number of halogens is 3. The highest BCUT2D eigenvalue weighted by Crippen LogP contribution is 2.43. The van der Waals surface area contributed by atoms with Crippen molar-refractivity contribution in [2.24, 2.45) is 0 Å². The quantitative estimate of drug-likeness (QED) is 0.746. The zero-order valence-corrected chi connectivity index (χ0v) is 12.4. The Morgan fingerprint density at radius 2 is 1.86 bits per heavy atom. The molecule has 1 aliphatic heterocycles. The predicted octanol–water partition coefficient (Wildman–Crippen LogP) is 2.60. The summed E-state index contributed by atoms with van der Waals surface area (Å²) < 4.78 is 66.8. The Balaban J connectivity index is 2.79. The molecule has 0 saturated carbocycles. The van der Waals surface area contributed by atoms with E-state index in [1.54, 1.807) is 0 Å². The van der Waals surface area contributed by atoms with E-state index >= 15 is 0 Å². The zero-order valence-electron chi connectivity index (χ0n) is 11.5. The summed E-state index contributed by atoms with van der Waals surface area (Å²) in [4.78, 5) is 11.3. The Hall–Kier alpha value is -1.57. The second-order valence-electron chi connectivity index (χ2n) is 5.43. The van der Waals surface area contributed by atoms with Crippen LogP contribution < -0.4 is 0 Å². The van der Waals surface area contributed by atoms with E-state index in [0.29, 0.717) is 0 Å². The molecule has 0 aliphatic carbocycles. The molecule has 0 amide bonds. The van der Waals surface area contributed by atoms with Crippen molar-refractivity contribution in [3.8, 4) is 0 Å². The fraction of sp³-hybridized carbons (Fsp3) is 0.462. The first kappa shape index (κ1) is 15.8. The first-order valence-corrected chi connectivity index (χ1v) is 7.47. The van der Waals surface area contributed by atoms with Crippen LogP contribution in [0, 0.1) is 0 Å². The van der Waals surface area contributed by atoms with Crippen molar-refractivity contribution in [1.29, 1.82) is 0 Å². The van der Waals surface area contributed by atoms with Crippen LogP contribution in [0.3, 0.4) is 0 Å². The van der Waals surface area contributed by atoms with Crippen LogP contribution in [-0.4, -0.2) is 26.2 Å². The molecule has 1 aromatic rings. The number of sulfone groups is 1. The van der Waals surface area contributed by atoms with Gasteiger partial charge in [0, 0.05) is 0 Å². The second-order valence-corrected chi connectivity index (χ2v) is 7.99. The van der Waals surface area contributed by atoms with Gasteiger partial charge >= 0.3 is 12.1 Å². The second kappa shape index (κ2) is 4.46. The third-order valence-electron chi connectivity index (χ3n) is 3.54. The molecule has 21 heavy (non-hydrogen) atoms. The first-order valence-electron chi connectivity index (χ1n) is 5.99. The van der Waals surface area contributed by atoms with Crippen molar-refractivity contribution >= 4 is 15.8 Å². The van der Waals surface area contributed by atoms with E-state index in [9.17, 15) is 26.4 Å². The molecule has 0 unspecified atom stereocenters. The molecule has 0 spiro atoms. The molecule has 116 valence electrons. The Kier molecular flexibility index (Phi) is 3.36. The molecule has 0 fully saturated rings. The lowest BCUT2D eigenvalue weighted by molar-refractivity contribution is -0.138. The van der Waals surface area contributed by atoms with E-state index in [2.05, 4.69) is 4.74 Å². The van der Waals surface area contributed by atoms with Crippen LogP contribution in [0.5, 0.6) is 0 Å². The fourth-order valence-corrected chi connectivity index (χ4v) is 4.07. The van der Waals surface area contributed by atoms with Crippen LogP contribution in [0.4, 0.5) is 13.2 Å². The third kappa shape index (κ3) is 2.31. The Morgan fingerprint density at radius 1 is 1.29 bits per heavy atom. The number of rotatable bonds is 1. The highest BCUT2D eigenvalue weighted by molar-refractivity contribution is 7.93. The minimum absolute atomic E-state index is 0.0325. The summed E-state index contributed by atoms with van der Waals surface area (Å²) in [5, 5.41) is 0. The van der Waals surface area contributed by atoms with Crippen LogP contribution in [-0.2, 0) is 27.2 Å². The molecule has 0 N–H and O–H groups in total. The van der Waals surface area contributed by atoms with Crippen molar-refractivity contribution < 1.29 is 31.1 Å². The van der Waals surface area contributed by atoms with Gasteiger partial charge in [0.05, 0.1) is 27.9 Å². The summed E-state index contributed by atoms with van der Waals surface area (Å²) in [6, 6.07) is 1.50. The summed E-state index contributed by atoms with van der Waals surface area (Å²) in [5.41, 5.74) is -1.90. The van der Waals surface area contributed by atoms with Crippen molar-refractivity contribution in [2.75, 3.05) is 7.11 Å². The van der Waals surface area contributed by atoms with E-state index < -0.39 is 37.9 Å². The number of esters is 1. The van der Waals surface area contributed by atoms with Crippen molar-refractivity contribution in [1.82, 2.24) is 0 Å². The van der Waals surface area contributed by atoms with Gasteiger partial charge in [0.25, 0.3) is 0 Å². The summed E-state index contributed by atoms with van der Waals surface area (Å²) in [7, 11) is -2.85. The number of methoxy groups -OCH3 is 1. The number of hydrogen-bond donors (Lipinski definition) is 0. The molecule has 0 atom stereocenters. The lowest BCUT2D eigenvalue weighted by Gasteiger charge is -2.15. The minimum atomic E-state index is -4.77. The Bertz CT molecular complexity index is 718. The van der Waals surface area contributed by atoms with Crippen molar-refractivity contribution in [3.05, 3.63) is 28.8 Å². The molecule has 0 saturated heterocycles.